The van der Waals surface area contributed by atoms with Gasteiger partial charge in [0.05, 0.1) is 29.1 Å². The summed E-state index contributed by atoms with van der Waals surface area (Å²) in [6, 6.07) is 3.48. The predicted molar refractivity (Wildman–Crippen MR) is 133 cm³/mol. The minimum absolute atomic E-state index is 0. The zero-order valence-electron chi connectivity index (χ0n) is 20.1. The van der Waals surface area contributed by atoms with Gasteiger partial charge in [0, 0.05) is 12.8 Å². The number of hydrogen-bond acceptors (Lipinski definition) is 9. The second-order valence-electron chi connectivity index (χ2n) is 6.73. The molecule has 0 aromatic carbocycles. The SMILES string of the molecule is CCOc1cncc(-c2cnc([C-]=O)s2)n1.O=S(Nc1c[c-]ncc1)C1CC1.[CH-]1CCOC1.[CH3-].[Na+]. The van der Waals surface area contributed by atoms with Crippen molar-refractivity contribution in [3.05, 3.63) is 62.0 Å². The molecular weight excluding hydrogens is 497 g/mol. The molecule has 1 aliphatic heterocycles. The molecule has 184 valence electrons. The molecule has 1 saturated carbocycles. The summed E-state index contributed by atoms with van der Waals surface area (Å²) in [6.45, 7) is 4.23. The van der Waals surface area contributed by atoms with Crippen molar-refractivity contribution >= 4 is 34.3 Å². The number of rotatable bonds is 7. The largest absolute Gasteiger partial charge is 1.00 e. The van der Waals surface area contributed by atoms with Crippen molar-refractivity contribution in [1.82, 2.24) is 19.9 Å². The van der Waals surface area contributed by atoms with E-state index < -0.39 is 11.0 Å². The first-order chi connectivity index (χ1) is 16.2. The molecular formula is C23H27N5NaO4S2-3. The second-order valence-corrected chi connectivity index (χ2v) is 9.23. The number of carbonyl (C=O) groups excluding carboxylic acids is 1. The van der Waals surface area contributed by atoms with Crippen molar-refractivity contribution in [1.29, 1.82) is 0 Å². The standard InChI is InChI=1S/C10H8N3O2S.C8H9N2OS.C4H7O.CH3.Na/c1-2-15-9-5-11-3-7(13-9)8-4-12-10(6-14)16-8;11-12(8-1-2-8)10-7-3-5-9-6-4-7;1-2-4-5-3-1;;/h3-5H,2H2,1H3;3-5,8H,1-2H2,(H,9,10);1H,2-4H2;1H3;/q4*-1;+1. The topological polar surface area (TPSA) is 116 Å². The molecule has 4 heterocycles. The summed E-state index contributed by atoms with van der Waals surface area (Å²) in [4.78, 5) is 27.0. The van der Waals surface area contributed by atoms with Crippen LogP contribution in [0.15, 0.2) is 36.9 Å². The van der Waals surface area contributed by atoms with Crippen molar-refractivity contribution in [2.75, 3.05) is 24.5 Å². The normalized spacial score (nSPS) is 14.4. The maximum absolute atomic E-state index is 11.3. The Balaban J connectivity index is 0.000000285. The zero-order valence-corrected chi connectivity index (χ0v) is 23.7. The minimum Gasteiger partial charge on any atom is -0.535 e. The first-order valence-electron chi connectivity index (χ1n) is 10.4. The number of nitrogens with zero attached hydrogens (tertiary/aromatic N) is 4. The molecule has 9 nitrogen and oxygen atoms in total. The number of ether oxygens (including phenoxy) is 2. The number of anilines is 1. The summed E-state index contributed by atoms with van der Waals surface area (Å²) in [7, 11) is -0.909. The van der Waals surface area contributed by atoms with Gasteiger partial charge in [0.15, 0.2) is 0 Å². The van der Waals surface area contributed by atoms with Crippen molar-refractivity contribution < 1.29 is 48.0 Å². The van der Waals surface area contributed by atoms with Crippen LogP contribution in [-0.4, -0.2) is 55.5 Å². The first-order valence-corrected chi connectivity index (χ1v) is 12.4. The molecule has 3 aromatic heterocycles. The quantitative estimate of drug-likeness (QED) is 0.354. The Morgan fingerprint density at radius 3 is 2.74 bits per heavy atom. The molecule has 2 fully saturated rings. The molecule has 5 rings (SSSR count). The molecule has 12 heteroatoms. The summed E-state index contributed by atoms with van der Waals surface area (Å²) < 4.78 is 24.4. The van der Waals surface area contributed by atoms with E-state index in [1.807, 2.05) is 6.92 Å². The molecule has 0 bridgehead atoms. The maximum atomic E-state index is 11.3. The molecule has 1 aliphatic carbocycles. The van der Waals surface area contributed by atoms with Crippen LogP contribution in [0.2, 0.25) is 0 Å². The van der Waals surface area contributed by atoms with E-state index in [0.29, 0.717) is 28.4 Å². The van der Waals surface area contributed by atoms with Crippen LogP contribution < -0.4 is 39.0 Å². The Labute approximate surface area is 235 Å². The van der Waals surface area contributed by atoms with Crippen LogP contribution in [0, 0.1) is 20.0 Å². The van der Waals surface area contributed by atoms with E-state index in [1.165, 1.54) is 11.3 Å². The number of nitrogens with one attached hydrogen (secondary N) is 1. The van der Waals surface area contributed by atoms with Crippen LogP contribution in [0.1, 0.15) is 31.2 Å². The fourth-order valence-corrected chi connectivity index (χ4v) is 4.16. The number of pyridine rings is 1. The van der Waals surface area contributed by atoms with Crippen molar-refractivity contribution in [2.24, 2.45) is 0 Å². The minimum atomic E-state index is -0.909. The van der Waals surface area contributed by atoms with Crippen molar-refractivity contribution in [2.45, 2.75) is 31.4 Å². The monoisotopic (exact) mass is 524 g/mol. The third kappa shape index (κ3) is 11.7. The third-order valence-corrected chi connectivity index (χ3v) is 6.55. The van der Waals surface area contributed by atoms with E-state index in [1.54, 1.807) is 43.2 Å². The number of thiazole rings is 1. The Morgan fingerprint density at radius 2 is 2.20 bits per heavy atom. The Morgan fingerprint density at radius 1 is 1.37 bits per heavy atom. The first kappa shape index (κ1) is 31.3. The van der Waals surface area contributed by atoms with Crippen LogP contribution in [0.4, 0.5) is 5.69 Å². The molecule has 0 radical (unpaired) electrons. The molecule has 3 aromatic rings. The Kier molecular flexibility index (Phi) is 15.8. The predicted octanol–water partition coefficient (Wildman–Crippen LogP) is 0.642. The van der Waals surface area contributed by atoms with Gasteiger partial charge >= 0.3 is 29.6 Å². The summed E-state index contributed by atoms with van der Waals surface area (Å²) in [5, 5.41) is 0.664. The average molecular weight is 525 g/mol. The van der Waals surface area contributed by atoms with E-state index in [2.05, 4.69) is 37.3 Å². The summed E-state index contributed by atoms with van der Waals surface area (Å²) in [6.07, 6.45) is 16.2. The fraction of sp³-hybridized carbons (Fsp3) is 0.348. The molecule has 1 atom stereocenters. The number of hydrogen-bond donors (Lipinski definition) is 1. The van der Waals surface area contributed by atoms with E-state index in [4.69, 9.17) is 9.47 Å². The van der Waals surface area contributed by atoms with Crippen LogP contribution >= 0.6 is 11.3 Å². The van der Waals surface area contributed by atoms with Gasteiger partial charge in [-0.3, -0.25) is 9.97 Å². The van der Waals surface area contributed by atoms with Crippen molar-refractivity contribution in [3.63, 3.8) is 0 Å². The van der Waals surface area contributed by atoms with Gasteiger partial charge in [-0.25, -0.2) is 15.5 Å². The summed E-state index contributed by atoms with van der Waals surface area (Å²) in [5.74, 6) is 0.463. The third-order valence-electron chi connectivity index (χ3n) is 4.12. The molecule has 0 spiro atoms. The van der Waals surface area contributed by atoms with E-state index in [-0.39, 0.29) is 37.0 Å². The fourth-order valence-electron chi connectivity index (χ4n) is 2.40. The van der Waals surface area contributed by atoms with Crippen LogP contribution in [-0.2, 0) is 20.5 Å². The van der Waals surface area contributed by atoms with E-state index in [9.17, 15) is 9.00 Å². The molecule has 1 saturated heterocycles. The van der Waals surface area contributed by atoms with Gasteiger partial charge in [0.25, 0.3) is 0 Å². The van der Waals surface area contributed by atoms with E-state index in [0.717, 1.165) is 43.0 Å². The van der Waals surface area contributed by atoms with E-state index >= 15 is 0 Å². The van der Waals surface area contributed by atoms with Crippen LogP contribution in [0.3, 0.4) is 0 Å². The van der Waals surface area contributed by atoms with Crippen LogP contribution in [0.25, 0.3) is 10.6 Å². The van der Waals surface area contributed by atoms with Gasteiger partial charge in [-0.15, -0.1) is 23.5 Å². The van der Waals surface area contributed by atoms with Crippen LogP contribution in [0.5, 0.6) is 5.88 Å². The Bertz CT molecular complexity index is 1010. The zero-order chi connectivity index (χ0) is 23.3. The molecule has 0 amide bonds. The average Bonchev–Trinajstić information content (AvgIpc) is 3.31. The molecule has 1 unspecified atom stereocenters. The molecule has 1 N–H and O–H groups in total. The second kappa shape index (κ2) is 17.6. The van der Waals surface area contributed by atoms with Gasteiger partial charge in [0.1, 0.15) is 16.7 Å². The van der Waals surface area contributed by atoms with Crippen molar-refractivity contribution in [3.8, 4) is 16.5 Å². The summed E-state index contributed by atoms with van der Waals surface area (Å²) in [5.41, 5.74) is 1.47. The van der Waals surface area contributed by atoms with Gasteiger partial charge in [-0.2, -0.15) is 6.42 Å². The maximum Gasteiger partial charge on any atom is 1.00 e. The van der Waals surface area contributed by atoms with Gasteiger partial charge in [0.2, 0.25) is 5.88 Å². The summed E-state index contributed by atoms with van der Waals surface area (Å²) >= 11 is 1.22. The smallest absolute Gasteiger partial charge is 0.535 e. The Hall–Kier alpha value is -1.76. The van der Waals surface area contributed by atoms with Gasteiger partial charge in [-0.1, -0.05) is 24.7 Å². The number of aromatic nitrogens is 4. The molecule has 2 aliphatic rings. The van der Waals surface area contributed by atoms with Gasteiger partial charge < -0.3 is 37.8 Å². The van der Waals surface area contributed by atoms with Gasteiger partial charge in [-0.05, 0) is 24.8 Å². The molecule has 35 heavy (non-hydrogen) atoms.